The number of fused-ring (bicyclic) bond motifs is 1. The lowest BCUT2D eigenvalue weighted by Gasteiger charge is -2.09. The van der Waals surface area contributed by atoms with Gasteiger partial charge < -0.3 is 14.3 Å². The number of methoxy groups -OCH3 is 1. The van der Waals surface area contributed by atoms with E-state index in [-0.39, 0.29) is 11.4 Å². The van der Waals surface area contributed by atoms with Crippen molar-refractivity contribution >= 4 is 11.0 Å². The second-order valence-corrected chi connectivity index (χ2v) is 5.01. The fourth-order valence-electron chi connectivity index (χ4n) is 2.26. The predicted molar refractivity (Wildman–Crippen MR) is 91.9 cm³/mol. The van der Waals surface area contributed by atoms with E-state index in [4.69, 9.17) is 4.42 Å². The molecule has 120 valence electrons. The fourth-order valence-corrected chi connectivity index (χ4v) is 2.26. The lowest BCUT2D eigenvalue weighted by atomic mass is 9.98. The second-order valence-electron chi connectivity index (χ2n) is 5.01. The molecule has 3 rings (SSSR count). The van der Waals surface area contributed by atoms with Crippen LogP contribution in [0.4, 0.5) is 0 Å². The largest absolute Gasteiger partial charge is 0.508 e. The molecule has 0 aliphatic heterocycles. The fraction of sp³-hybridized carbons (Fsp3) is 0.211. The summed E-state index contributed by atoms with van der Waals surface area (Å²) in [5, 5.41) is 10.3. The summed E-state index contributed by atoms with van der Waals surface area (Å²) in [4.78, 5) is 11.9. The van der Waals surface area contributed by atoms with Gasteiger partial charge in [-0.15, -0.1) is 0 Å². The number of rotatable bonds is 2. The zero-order valence-electron chi connectivity index (χ0n) is 13.5. The van der Waals surface area contributed by atoms with Crippen molar-refractivity contribution in [1.82, 2.24) is 0 Å². The van der Waals surface area contributed by atoms with Crippen LogP contribution in [0.2, 0.25) is 0 Å². The molecule has 2 aromatic carbocycles. The maximum Gasteiger partial charge on any atom is 0.339 e. The van der Waals surface area contributed by atoms with Gasteiger partial charge >= 0.3 is 5.63 Å². The Hall–Kier alpha value is -2.59. The van der Waals surface area contributed by atoms with Gasteiger partial charge in [-0.1, -0.05) is 30.3 Å². The van der Waals surface area contributed by atoms with Crippen LogP contribution in [0.1, 0.15) is 12.5 Å². The van der Waals surface area contributed by atoms with E-state index in [1.165, 1.54) is 6.07 Å². The highest BCUT2D eigenvalue weighted by atomic mass is 16.5. The second kappa shape index (κ2) is 7.61. The Kier molecular flexibility index (Phi) is 5.55. The maximum atomic E-state index is 11.9. The third kappa shape index (κ3) is 3.79. The van der Waals surface area contributed by atoms with Crippen molar-refractivity contribution in [3.63, 3.8) is 0 Å². The summed E-state index contributed by atoms with van der Waals surface area (Å²) in [5.74, 6) is 0.0820. The highest BCUT2D eigenvalue weighted by Crippen LogP contribution is 2.31. The molecule has 0 amide bonds. The van der Waals surface area contributed by atoms with Crippen LogP contribution in [0.25, 0.3) is 22.1 Å². The number of hydrogen-bond donors (Lipinski definition) is 1. The smallest absolute Gasteiger partial charge is 0.339 e. The first-order valence-corrected chi connectivity index (χ1v) is 7.39. The Morgan fingerprint density at radius 1 is 1.13 bits per heavy atom. The molecule has 0 saturated heterocycles. The monoisotopic (exact) mass is 312 g/mol. The number of aromatic hydroxyl groups is 1. The van der Waals surface area contributed by atoms with Crippen LogP contribution < -0.4 is 5.63 Å². The van der Waals surface area contributed by atoms with Crippen LogP contribution >= 0.6 is 0 Å². The third-order valence-corrected chi connectivity index (χ3v) is 3.47. The molecule has 0 spiro atoms. The van der Waals surface area contributed by atoms with Crippen molar-refractivity contribution in [3.05, 3.63) is 64.5 Å². The van der Waals surface area contributed by atoms with Crippen LogP contribution in [0.15, 0.2) is 57.7 Å². The van der Waals surface area contributed by atoms with Gasteiger partial charge in [-0.25, -0.2) is 4.79 Å². The molecule has 0 atom stereocenters. The lowest BCUT2D eigenvalue weighted by molar-refractivity contribution is 0.215. The number of hydrogen-bond acceptors (Lipinski definition) is 4. The molecule has 0 aliphatic rings. The molecule has 1 heterocycles. The Morgan fingerprint density at radius 2 is 1.78 bits per heavy atom. The van der Waals surface area contributed by atoms with Gasteiger partial charge in [0.2, 0.25) is 0 Å². The molecule has 4 heteroatoms. The normalized spacial score (nSPS) is 10.2. The van der Waals surface area contributed by atoms with Crippen LogP contribution in [0.3, 0.4) is 0 Å². The zero-order valence-corrected chi connectivity index (χ0v) is 13.5. The number of ether oxygens (including phenoxy) is 1. The van der Waals surface area contributed by atoms with Gasteiger partial charge in [-0.05, 0) is 31.5 Å². The van der Waals surface area contributed by atoms with Crippen molar-refractivity contribution < 1.29 is 14.3 Å². The summed E-state index contributed by atoms with van der Waals surface area (Å²) in [6, 6.07) is 14.5. The molecule has 0 unspecified atom stereocenters. The Balaban J connectivity index is 0.000000433. The van der Waals surface area contributed by atoms with Gasteiger partial charge in [0.1, 0.15) is 11.3 Å². The Bertz CT molecular complexity index is 833. The standard InChI is InChI=1S/C16H12O3.C3H8O/c1-10-15(11-5-3-2-4-6-11)13-8-7-12(17)9-14(13)19-16(10)18;1-3-4-2/h2-9,17H,1H3;3H2,1-2H3. The molecule has 0 bridgehead atoms. The summed E-state index contributed by atoms with van der Waals surface area (Å²) >= 11 is 0. The van der Waals surface area contributed by atoms with E-state index >= 15 is 0 Å². The number of phenolic OH excluding ortho intramolecular Hbond substituents is 1. The van der Waals surface area contributed by atoms with Gasteiger partial charge in [0, 0.05) is 36.3 Å². The van der Waals surface area contributed by atoms with E-state index in [1.54, 1.807) is 26.2 Å². The molecule has 0 saturated carbocycles. The van der Waals surface area contributed by atoms with Crippen molar-refractivity contribution in [1.29, 1.82) is 0 Å². The highest BCUT2D eigenvalue weighted by Gasteiger charge is 2.12. The minimum absolute atomic E-state index is 0.0820. The van der Waals surface area contributed by atoms with E-state index in [0.29, 0.717) is 11.1 Å². The van der Waals surface area contributed by atoms with Crippen LogP contribution in [-0.2, 0) is 4.74 Å². The lowest BCUT2D eigenvalue weighted by Crippen LogP contribution is -2.05. The zero-order chi connectivity index (χ0) is 16.8. The SMILES string of the molecule is CCOC.Cc1c(-c2ccccc2)c2ccc(O)cc2oc1=O. The summed E-state index contributed by atoms with van der Waals surface area (Å²) in [6.45, 7) is 4.53. The number of phenols is 1. The quantitative estimate of drug-likeness (QED) is 0.723. The average molecular weight is 312 g/mol. The van der Waals surface area contributed by atoms with Crippen molar-refractivity contribution in [2.24, 2.45) is 0 Å². The van der Waals surface area contributed by atoms with Gasteiger partial charge in [-0.3, -0.25) is 0 Å². The first-order chi connectivity index (χ1) is 11.1. The summed E-state index contributed by atoms with van der Waals surface area (Å²) in [5.41, 5.74) is 2.41. The molecule has 4 nitrogen and oxygen atoms in total. The molecule has 1 N–H and O–H groups in total. The van der Waals surface area contributed by atoms with E-state index in [2.05, 4.69) is 4.74 Å². The molecule has 0 radical (unpaired) electrons. The maximum absolute atomic E-state index is 11.9. The van der Waals surface area contributed by atoms with Crippen LogP contribution in [0, 0.1) is 6.92 Å². The van der Waals surface area contributed by atoms with Gasteiger partial charge in [0.05, 0.1) is 0 Å². The molecule has 0 fully saturated rings. The van der Waals surface area contributed by atoms with Gasteiger partial charge in [0.25, 0.3) is 0 Å². The molecule has 0 aliphatic carbocycles. The topological polar surface area (TPSA) is 59.7 Å². The predicted octanol–water partition coefficient (Wildman–Crippen LogP) is 4.13. The Labute approximate surface area is 135 Å². The van der Waals surface area contributed by atoms with E-state index in [0.717, 1.165) is 23.1 Å². The summed E-state index contributed by atoms with van der Waals surface area (Å²) in [7, 11) is 1.68. The van der Waals surface area contributed by atoms with E-state index < -0.39 is 0 Å². The number of benzene rings is 2. The highest BCUT2D eigenvalue weighted by molar-refractivity contribution is 5.95. The molecule has 1 aromatic heterocycles. The van der Waals surface area contributed by atoms with Crippen molar-refractivity contribution in [2.45, 2.75) is 13.8 Å². The van der Waals surface area contributed by atoms with Gasteiger partial charge in [0.15, 0.2) is 0 Å². The van der Waals surface area contributed by atoms with E-state index in [1.807, 2.05) is 37.3 Å². The molecule has 23 heavy (non-hydrogen) atoms. The van der Waals surface area contributed by atoms with Gasteiger partial charge in [-0.2, -0.15) is 0 Å². The molecular weight excluding hydrogens is 292 g/mol. The average Bonchev–Trinajstić information content (AvgIpc) is 2.57. The first kappa shape index (κ1) is 16.8. The summed E-state index contributed by atoms with van der Waals surface area (Å²) in [6.07, 6.45) is 0. The first-order valence-electron chi connectivity index (χ1n) is 7.39. The van der Waals surface area contributed by atoms with Crippen LogP contribution in [-0.4, -0.2) is 18.8 Å². The Morgan fingerprint density at radius 3 is 2.39 bits per heavy atom. The molecular formula is C19H20O4. The van der Waals surface area contributed by atoms with Crippen LogP contribution in [0.5, 0.6) is 5.75 Å². The molecule has 3 aromatic rings. The van der Waals surface area contributed by atoms with Crippen molar-refractivity contribution in [3.8, 4) is 16.9 Å². The summed E-state index contributed by atoms with van der Waals surface area (Å²) < 4.78 is 9.76. The van der Waals surface area contributed by atoms with Crippen molar-refractivity contribution in [2.75, 3.05) is 13.7 Å². The minimum Gasteiger partial charge on any atom is -0.508 e. The van der Waals surface area contributed by atoms with E-state index in [9.17, 15) is 9.90 Å². The third-order valence-electron chi connectivity index (χ3n) is 3.47. The minimum atomic E-state index is -0.378.